The summed E-state index contributed by atoms with van der Waals surface area (Å²) in [5.74, 6) is -0.132. The van der Waals surface area contributed by atoms with Crippen LogP contribution in [0.4, 0.5) is 0 Å². The molecule has 0 N–H and O–H groups in total. The number of cyclic esters (lactones) is 2. The van der Waals surface area contributed by atoms with E-state index in [9.17, 15) is 9.59 Å². The molecule has 14 heavy (non-hydrogen) atoms. The van der Waals surface area contributed by atoms with Gasteiger partial charge >= 0.3 is 11.9 Å². The smallest absolute Gasteiger partial charge is 0.327 e. The molecule has 0 spiro atoms. The van der Waals surface area contributed by atoms with E-state index in [1.165, 1.54) is 25.7 Å². The van der Waals surface area contributed by atoms with Gasteiger partial charge in [-0.1, -0.05) is 12.8 Å². The Labute approximate surface area is 83.2 Å². The van der Waals surface area contributed by atoms with Gasteiger partial charge in [-0.05, 0) is 18.8 Å². The summed E-state index contributed by atoms with van der Waals surface area (Å²) in [4.78, 5) is 23.9. The second-order valence-corrected chi connectivity index (χ2v) is 4.17. The number of carbonyl (C=O) groups excluding carboxylic acids is 2. The van der Waals surface area contributed by atoms with Crippen LogP contribution in [0.1, 0.15) is 25.7 Å². The largest absolute Gasteiger partial charge is 0.391 e. The van der Waals surface area contributed by atoms with E-state index in [2.05, 4.69) is 4.74 Å². The minimum absolute atomic E-state index is 0.280. The van der Waals surface area contributed by atoms with Gasteiger partial charge in [-0.2, -0.15) is 0 Å². The third kappa shape index (κ3) is 2.32. The van der Waals surface area contributed by atoms with E-state index in [4.69, 9.17) is 0 Å². The minimum atomic E-state index is -0.403. The highest BCUT2D eigenvalue weighted by Crippen LogP contribution is 2.25. The molecule has 4 nitrogen and oxygen atoms in total. The second kappa shape index (κ2) is 4.09. The number of esters is 2. The summed E-state index contributed by atoms with van der Waals surface area (Å²) in [7, 11) is 0. The van der Waals surface area contributed by atoms with Gasteiger partial charge < -0.3 is 4.74 Å². The van der Waals surface area contributed by atoms with E-state index >= 15 is 0 Å². The van der Waals surface area contributed by atoms with E-state index in [-0.39, 0.29) is 13.1 Å². The first-order valence-electron chi connectivity index (χ1n) is 5.20. The van der Waals surface area contributed by atoms with E-state index in [1.807, 2.05) is 4.90 Å². The highest BCUT2D eigenvalue weighted by molar-refractivity contribution is 5.90. The molecule has 1 saturated heterocycles. The van der Waals surface area contributed by atoms with Crippen LogP contribution in [0.15, 0.2) is 0 Å². The van der Waals surface area contributed by atoms with E-state index in [0.29, 0.717) is 5.92 Å². The topological polar surface area (TPSA) is 46.6 Å². The molecule has 1 saturated carbocycles. The Morgan fingerprint density at radius 1 is 1.14 bits per heavy atom. The molecule has 0 unspecified atom stereocenters. The monoisotopic (exact) mass is 197 g/mol. The quantitative estimate of drug-likeness (QED) is 0.479. The van der Waals surface area contributed by atoms with Crippen molar-refractivity contribution in [3.05, 3.63) is 0 Å². The van der Waals surface area contributed by atoms with Gasteiger partial charge in [0.2, 0.25) is 0 Å². The maximum absolute atomic E-state index is 11.0. The first-order valence-corrected chi connectivity index (χ1v) is 5.20. The zero-order valence-electron chi connectivity index (χ0n) is 8.20. The first kappa shape index (κ1) is 9.65. The fourth-order valence-electron chi connectivity index (χ4n) is 2.30. The van der Waals surface area contributed by atoms with Crippen molar-refractivity contribution in [3.8, 4) is 0 Å². The van der Waals surface area contributed by atoms with E-state index in [0.717, 1.165) is 6.54 Å². The molecule has 0 bridgehead atoms. The molecule has 0 aromatic rings. The summed E-state index contributed by atoms with van der Waals surface area (Å²) >= 11 is 0. The molecule has 2 fully saturated rings. The lowest BCUT2D eigenvalue weighted by molar-refractivity contribution is -0.167. The standard InChI is InChI=1S/C10H15NO3/c12-9-6-11(7-10(13)14-9)5-8-3-1-2-4-8/h8H,1-7H2. The molecular weight excluding hydrogens is 182 g/mol. The zero-order chi connectivity index (χ0) is 9.97. The fourth-order valence-corrected chi connectivity index (χ4v) is 2.30. The van der Waals surface area contributed by atoms with Crippen LogP contribution in [0, 0.1) is 5.92 Å². The van der Waals surface area contributed by atoms with Crippen LogP contribution in [0.2, 0.25) is 0 Å². The Morgan fingerprint density at radius 3 is 2.29 bits per heavy atom. The molecule has 1 heterocycles. The first-order chi connectivity index (χ1) is 6.74. The molecule has 1 aliphatic heterocycles. The molecule has 2 aliphatic rings. The van der Waals surface area contributed by atoms with Crippen molar-refractivity contribution >= 4 is 11.9 Å². The Morgan fingerprint density at radius 2 is 1.71 bits per heavy atom. The summed E-state index contributed by atoms with van der Waals surface area (Å²) < 4.78 is 4.46. The molecule has 0 amide bonds. The molecular formula is C10H15NO3. The van der Waals surface area contributed by atoms with Gasteiger partial charge in [0.25, 0.3) is 0 Å². The second-order valence-electron chi connectivity index (χ2n) is 4.17. The van der Waals surface area contributed by atoms with Gasteiger partial charge in [0.1, 0.15) is 0 Å². The van der Waals surface area contributed by atoms with Crippen LogP contribution in [0.25, 0.3) is 0 Å². The van der Waals surface area contributed by atoms with Gasteiger partial charge in [-0.25, -0.2) is 0 Å². The van der Waals surface area contributed by atoms with Crippen LogP contribution in [-0.4, -0.2) is 36.5 Å². The number of hydrogen-bond acceptors (Lipinski definition) is 4. The molecule has 0 aromatic carbocycles. The number of rotatable bonds is 2. The molecule has 0 atom stereocenters. The summed E-state index contributed by atoms with van der Waals surface area (Å²) in [6.07, 6.45) is 5.05. The maximum Gasteiger partial charge on any atom is 0.327 e. The summed E-state index contributed by atoms with van der Waals surface area (Å²) in [6.45, 7) is 1.44. The lowest BCUT2D eigenvalue weighted by Crippen LogP contribution is -2.44. The lowest BCUT2D eigenvalue weighted by atomic mass is 10.1. The van der Waals surface area contributed by atoms with Crippen LogP contribution in [0.3, 0.4) is 0 Å². The fraction of sp³-hybridized carbons (Fsp3) is 0.800. The van der Waals surface area contributed by atoms with Crippen molar-refractivity contribution in [2.45, 2.75) is 25.7 Å². The number of nitrogens with zero attached hydrogens (tertiary/aromatic N) is 1. The van der Waals surface area contributed by atoms with Crippen molar-refractivity contribution in [1.29, 1.82) is 0 Å². The van der Waals surface area contributed by atoms with Crippen molar-refractivity contribution in [1.82, 2.24) is 4.90 Å². The van der Waals surface area contributed by atoms with Crippen molar-refractivity contribution in [3.63, 3.8) is 0 Å². The summed E-state index contributed by atoms with van der Waals surface area (Å²) in [5, 5.41) is 0. The highest BCUT2D eigenvalue weighted by atomic mass is 16.6. The van der Waals surface area contributed by atoms with Gasteiger partial charge in [0.15, 0.2) is 0 Å². The third-order valence-electron chi connectivity index (χ3n) is 2.92. The number of hydrogen-bond donors (Lipinski definition) is 0. The predicted molar refractivity (Wildman–Crippen MR) is 49.5 cm³/mol. The van der Waals surface area contributed by atoms with Gasteiger partial charge in [-0.15, -0.1) is 0 Å². The summed E-state index contributed by atoms with van der Waals surface area (Å²) in [5.41, 5.74) is 0. The maximum atomic E-state index is 11.0. The highest BCUT2D eigenvalue weighted by Gasteiger charge is 2.27. The Balaban J connectivity index is 1.84. The molecule has 2 rings (SSSR count). The van der Waals surface area contributed by atoms with Crippen molar-refractivity contribution in [2.24, 2.45) is 5.92 Å². The lowest BCUT2D eigenvalue weighted by Gasteiger charge is -2.26. The molecule has 78 valence electrons. The van der Waals surface area contributed by atoms with Crippen molar-refractivity contribution < 1.29 is 14.3 Å². The molecule has 0 aromatic heterocycles. The Bertz CT molecular complexity index is 230. The molecule has 1 aliphatic carbocycles. The van der Waals surface area contributed by atoms with Crippen LogP contribution in [-0.2, 0) is 14.3 Å². The van der Waals surface area contributed by atoms with Gasteiger partial charge in [-0.3, -0.25) is 14.5 Å². The summed E-state index contributed by atoms with van der Waals surface area (Å²) in [6, 6.07) is 0. The van der Waals surface area contributed by atoms with E-state index in [1.54, 1.807) is 0 Å². The van der Waals surface area contributed by atoms with E-state index < -0.39 is 11.9 Å². The van der Waals surface area contributed by atoms with Crippen molar-refractivity contribution in [2.75, 3.05) is 19.6 Å². The third-order valence-corrected chi connectivity index (χ3v) is 2.92. The predicted octanol–water partition coefficient (Wildman–Crippen LogP) is 0.562. The number of carbonyl (C=O) groups is 2. The Kier molecular flexibility index (Phi) is 2.82. The van der Waals surface area contributed by atoms with Crippen LogP contribution in [0.5, 0.6) is 0 Å². The van der Waals surface area contributed by atoms with Gasteiger partial charge in [0.05, 0.1) is 13.1 Å². The minimum Gasteiger partial charge on any atom is -0.391 e. The average Bonchev–Trinajstić information content (AvgIpc) is 2.54. The molecule has 0 radical (unpaired) electrons. The van der Waals surface area contributed by atoms with Gasteiger partial charge in [0, 0.05) is 6.54 Å². The number of ether oxygens (including phenoxy) is 1. The van der Waals surface area contributed by atoms with Crippen LogP contribution < -0.4 is 0 Å². The normalized spacial score (nSPS) is 25.4. The Hall–Kier alpha value is -0.900. The average molecular weight is 197 g/mol. The zero-order valence-corrected chi connectivity index (χ0v) is 8.20. The van der Waals surface area contributed by atoms with Crippen LogP contribution >= 0.6 is 0 Å². The number of morpholine rings is 1. The molecule has 4 heteroatoms. The SMILES string of the molecule is O=C1CN(CC2CCCC2)CC(=O)O1.